The summed E-state index contributed by atoms with van der Waals surface area (Å²) in [6.45, 7) is 0. The van der Waals surface area contributed by atoms with Crippen LogP contribution in [0.25, 0.3) is 0 Å². The molecule has 0 radical (unpaired) electrons. The molecule has 0 heterocycles. The summed E-state index contributed by atoms with van der Waals surface area (Å²) >= 11 is 0. The zero-order valence-electron chi connectivity index (χ0n) is 6.72. The molecule has 60 valence electrons. The third kappa shape index (κ3) is 1.82. The Hall–Kier alpha value is -0.795. The fourth-order valence-corrected chi connectivity index (χ4v) is 1.52. The summed E-state index contributed by atoms with van der Waals surface area (Å²) in [4.78, 5) is 20.9. The molecule has 1 aliphatic rings. The molecule has 0 aromatic heterocycles. The van der Waals surface area contributed by atoms with E-state index in [9.17, 15) is 9.59 Å². The number of nitrogens with one attached hydrogen (secondary N) is 1. The molecule has 0 aliphatic heterocycles. The number of amides is 1. The molecule has 4 heteroatoms. The summed E-state index contributed by atoms with van der Waals surface area (Å²) in [5.41, 5.74) is -0.173. The third-order valence-electron chi connectivity index (χ3n) is 2.23. The van der Waals surface area contributed by atoms with E-state index in [1.165, 1.54) is 7.85 Å². The van der Waals surface area contributed by atoms with Gasteiger partial charge in [-0.1, -0.05) is 0 Å². The lowest BCUT2D eigenvalue weighted by molar-refractivity contribution is -0.109. The number of carbonyl (C=O) groups excluding carboxylic acids is 2. The quantitative estimate of drug-likeness (QED) is 0.452. The zero-order valence-corrected chi connectivity index (χ0v) is 6.72. The molecular weight excluding hydrogens is 141 g/mol. The fraction of sp³-hybridized carbons (Fsp3) is 0.714. The van der Waals surface area contributed by atoms with Crippen molar-refractivity contribution in [1.29, 1.82) is 0 Å². The van der Waals surface area contributed by atoms with Crippen molar-refractivity contribution in [3.05, 3.63) is 0 Å². The normalized spacial score (nSPS) is 20.0. The molecule has 0 spiro atoms. The molecule has 1 saturated carbocycles. The van der Waals surface area contributed by atoms with Crippen molar-refractivity contribution in [3.8, 4) is 0 Å². The Kier molecular flexibility index (Phi) is 2.32. The maximum absolute atomic E-state index is 10.7. The van der Waals surface area contributed by atoms with Crippen LogP contribution in [0.2, 0.25) is 0 Å². The molecule has 1 amide bonds. The second kappa shape index (κ2) is 3.07. The van der Waals surface area contributed by atoms with Crippen LogP contribution in [0.3, 0.4) is 0 Å². The highest BCUT2D eigenvalue weighted by molar-refractivity contribution is 6.57. The highest BCUT2D eigenvalue weighted by Gasteiger charge is 2.36. The van der Waals surface area contributed by atoms with Gasteiger partial charge in [0, 0.05) is 12.0 Å². The van der Waals surface area contributed by atoms with Gasteiger partial charge >= 0.3 is 0 Å². The molecule has 0 unspecified atom stereocenters. The second-order valence-corrected chi connectivity index (χ2v) is 3.19. The highest BCUT2D eigenvalue weighted by atomic mass is 16.1. The Labute approximate surface area is 66.9 Å². The first-order valence-corrected chi connectivity index (χ1v) is 3.91. The first-order chi connectivity index (χ1) is 5.18. The van der Waals surface area contributed by atoms with E-state index >= 15 is 0 Å². The molecule has 1 rings (SSSR count). The van der Waals surface area contributed by atoms with Gasteiger partial charge in [0.05, 0.1) is 0 Å². The maximum Gasteiger partial charge on any atom is 0.215 e. The summed E-state index contributed by atoms with van der Waals surface area (Å²) in [6, 6.07) is 0. The smallest absolute Gasteiger partial charge is 0.215 e. The van der Waals surface area contributed by atoms with Gasteiger partial charge in [0.15, 0.2) is 5.81 Å². The lowest BCUT2D eigenvalue weighted by Crippen LogP contribution is -2.53. The second-order valence-electron chi connectivity index (χ2n) is 3.19. The number of carbonyl (C=O) groups is 2. The van der Waals surface area contributed by atoms with Gasteiger partial charge in [0.2, 0.25) is 7.85 Å². The molecule has 1 N–H and O–H groups in total. The van der Waals surface area contributed by atoms with E-state index in [4.69, 9.17) is 0 Å². The van der Waals surface area contributed by atoms with Gasteiger partial charge in [-0.3, -0.25) is 4.79 Å². The largest absolute Gasteiger partial charge is 0.360 e. The first-order valence-electron chi connectivity index (χ1n) is 3.91. The summed E-state index contributed by atoms with van der Waals surface area (Å²) in [5.74, 6) is -0.0356. The van der Waals surface area contributed by atoms with Gasteiger partial charge in [0.25, 0.3) is 0 Å². The Bertz CT molecular complexity index is 177. The van der Waals surface area contributed by atoms with Crippen LogP contribution in [-0.4, -0.2) is 25.5 Å². The highest BCUT2D eigenvalue weighted by Crippen LogP contribution is 2.33. The number of rotatable bonds is 3. The Morgan fingerprint density at radius 1 is 1.64 bits per heavy atom. The Morgan fingerprint density at radius 2 is 2.27 bits per heavy atom. The van der Waals surface area contributed by atoms with Gasteiger partial charge in [-0.15, -0.1) is 0 Å². The number of aldehydes is 1. The monoisotopic (exact) mass is 153 g/mol. The van der Waals surface area contributed by atoms with Crippen LogP contribution in [0.4, 0.5) is 4.79 Å². The molecule has 0 bridgehead atoms. The first kappa shape index (κ1) is 8.30. The van der Waals surface area contributed by atoms with E-state index < -0.39 is 0 Å². The van der Waals surface area contributed by atoms with Crippen molar-refractivity contribution in [2.24, 2.45) is 0 Å². The van der Waals surface area contributed by atoms with Crippen molar-refractivity contribution in [2.45, 2.75) is 31.2 Å². The van der Waals surface area contributed by atoms with Gasteiger partial charge in [-0.25, -0.2) is 0 Å². The Morgan fingerprint density at radius 3 is 2.55 bits per heavy atom. The van der Waals surface area contributed by atoms with E-state index in [0.29, 0.717) is 6.42 Å². The van der Waals surface area contributed by atoms with Crippen LogP contribution in [0.5, 0.6) is 0 Å². The summed E-state index contributed by atoms with van der Waals surface area (Å²) in [7, 11) is 1.49. The van der Waals surface area contributed by atoms with Crippen LogP contribution < -0.4 is 5.32 Å². The van der Waals surface area contributed by atoms with Gasteiger partial charge in [-0.05, 0) is 19.3 Å². The molecule has 1 aliphatic carbocycles. The van der Waals surface area contributed by atoms with E-state index in [-0.39, 0.29) is 11.3 Å². The van der Waals surface area contributed by atoms with E-state index in [0.717, 1.165) is 25.5 Å². The third-order valence-corrected chi connectivity index (χ3v) is 2.23. The molecular formula is C7H12BNO2. The topological polar surface area (TPSA) is 46.2 Å². The lowest BCUT2D eigenvalue weighted by atomic mass is 9.74. The fourth-order valence-electron chi connectivity index (χ4n) is 1.52. The van der Waals surface area contributed by atoms with E-state index in [2.05, 4.69) is 5.32 Å². The summed E-state index contributed by atoms with van der Waals surface area (Å²) in [5, 5.41) is 2.82. The van der Waals surface area contributed by atoms with Crippen molar-refractivity contribution < 1.29 is 9.59 Å². The van der Waals surface area contributed by atoms with Crippen molar-refractivity contribution in [3.63, 3.8) is 0 Å². The molecule has 11 heavy (non-hydrogen) atoms. The van der Waals surface area contributed by atoms with Crippen LogP contribution in [0.15, 0.2) is 0 Å². The average Bonchev–Trinajstić information content (AvgIpc) is 1.82. The van der Waals surface area contributed by atoms with Crippen LogP contribution in [-0.2, 0) is 4.79 Å². The molecule has 0 aromatic rings. The minimum absolute atomic E-state index is 0.0356. The van der Waals surface area contributed by atoms with Crippen molar-refractivity contribution >= 4 is 19.9 Å². The van der Waals surface area contributed by atoms with Crippen molar-refractivity contribution in [2.75, 3.05) is 0 Å². The van der Waals surface area contributed by atoms with Crippen LogP contribution in [0, 0.1) is 0 Å². The van der Waals surface area contributed by atoms with E-state index in [1.807, 2.05) is 0 Å². The lowest BCUT2D eigenvalue weighted by Gasteiger charge is -2.41. The van der Waals surface area contributed by atoms with Gasteiger partial charge in [-0.2, -0.15) is 0 Å². The number of hydrogen-bond donors (Lipinski definition) is 1. The predicted molar refractivity (Wildman–Crippen MR) is 44.3 cm³/mol. The minimum Gasteiger partial charge on any atom is -0.360 e. The Balaban J connectivity index is 2.45. The molecule has 0 saturated heterocycles. The summed E-state index contributed by atoms with van der Waals surface area (Å²) in [6.07, 6.45) is 4.37. The van der Waals surface area contributed by atoms with Crippen molar-refractivity contribution in [1.82, 2.24) is 5.32 Å². The molecule has 3 nitrogen and oxygen atoms in total. The standard InChI is InChI=1S/C7H12BNO2/c8-6(11)9-7(4-5-10)2-1-3-7/h5H,1-4,8H2,(H,9,11). The minimum atomic E-state index is -0.173. The van der Waals surface area contributed by atoms with Gasteiger partial charge < -0.3 is 10.1 Å². The SMILES string of the molecule is BC(=O)NC1(CC=O)CCC1. The molecule has 0 aromatic carbocycles. The summed E-state index contributed by atoms with van der Waals surface area (Å²) < 4.78 is 0. The molecule has 0 atom stereocenters. The maximum atomic E-state index is 10.7. The van der Waals surface area contributed by atoms with Gasteiger partial charge in [0.1, 0.15) is 6.29 Å². The molecule has 1 fully saturated rings. The number of hydrogen-bond acceptors (Lipinski definition) is 2. The average molecular weight is 153 g/mol. The van der Waals surface area contributed by atoms with Crippen LogP contribution in [0.1, 0.15) is 25.7 Å². The van der Waals surface area contributed by atoms with E-state index in [1.54, 1.807) is 0 Å². The predicted octanol–water partition coefficient (Wildman–Crippen LogP) is -0.159. The zero-order chi connectivity index (χ0) is 8.32. The van der Waals surface area contributed by atoms with Crippen LogP contribution >= 0.6 is 0 Å².